The first-order valence-electron chi connectivity index (χ1n) is 7.40. The Balaban J connectivity index is 1.87. The third-order valence-corrected chi connectivity index (χ3v) is 3.12. The van der Waals surface area contributed by atoms with Crippen molar-refractivity contribution in [2.75, 3.05) is 6.54 Å². The van der Waals surface area contributed by atoms with E-state index in [-0.39, 0.29) is 6.10 Å². The molecule has 0 aliphatic rings. The summed E-state index contributed by atoms with van der Waals surface area (Å²) < 4.78 is 5.80. The van der Waals surface area contributed by atoms with Crippen LogP contribution in [0.5, 0.6) is 5.88 Å². The Labute approximate surface area is 126 Å². The van der Waals surface area contributed by atoms with Crippen LogP contribution in [0, 0.1) is 5.92 Å². The Morgan fingerprint density at radius 3 is 2.38 bits per heavy atom. The topological polar surface area (TPSA) is 47.0 Å². The van der Waals surface area contributed by atoms with E-state index in [4.69, 9.17) is 4.74 Å². The monoisotopic (exact) mass is 285 g/mol. The highest BCUT2D eigenvalue weighted by molar-refractivity contribution is 5.19. The zero-order valence-corrected chi connectivity index (χ0v) is 12.9. The Morgan fingerprint density at radius 1 is 1.00 bits per heavy atom. The molecule has 0 bridgehead atoms. The fourth-order valence-electron chi connectivity index (χ4n) is 1.97. The first-order chi connectivity index (χ1) is 10.1. The van der Waals surface area contributed by atoms with Gasteiger partial charge in [-0.2, -0.15) is 5.10 Å². The van der Waals surface area contributed by atoms with Crippen LogP contribution in [0.1, 0.15) is 38.1 Å². The lowest BCUT2D eigenvalue weighted by atomic mass is 10.1. The van der Waals surface area contributed by atoms with Crippen LogP contribution in [0.2, 0.25) is 0 Å². The maximum atomic E-state index is 5.80. The second-order valence-electron chi connectivity index (χ2n) is 5.56. The van der Waals surface area contributed by atoms with E-state index >= 15 is 0 Å². The number of nitrogens with zero attached hydrogens (tertiary/aromatic N) is 2. The van der Waals surface area contributed by atoms with Crippen molar-refractivity contribution in [2.24, 2.45) is 5.92 Å². The highest BCUT2D eigenvalue weighted by atomic mass is 16.5. The van der Waals surface area contributed by atoms with E-state index in [0.717, 1.165) is 24.3 Å². The molecule has 0 saturated carbocycles. The molecule has 0 radical (unpaired) electrons. The predicted octanol–water partition coefficient (Wildman–Crippen LogP) is 3.36. The Kier molecular flexibility index (Phi) is 5.69. The molecular formula is C17H23N3O. The number of hydrogen-bond acceptors (Lipinski definition) is 4. The zero-order valence-electron chi connectivity index (χ0n) is 12.9. The summed E-state index contributed by atoms with van der Waals surface area (Å²) in [5.74, 6) is 1.19. The van der Waals surface area contributed by atoms with Crippen molar-refractivity contribution >= 4 is 0 Å². The van der Waals surface area contributed by atoms with Crippen molar-refractivity contribution in [3.05, 3.63) is 53.7 Å². The van der Waals surface area contributed by atoms with E-state index in [1.807, 2.05) is 49.4 Å². The van der Waals surface area contributed by atoms with Crippen LogP contribution in [0.25, 0.3) is 0 Å². The van der Waals surface area contributed by atoms with E-state index < -0.39 is 0 Å². The van der Waals surface area contributed by atoms with Gasteiger partial charge in [-0.25, -0.2) is 0 Å². The minimum atomic E-state index is -0.0367. The molecule has 1 heterocycles. The summed E-state index contributed by atoms with van der Waals surface area (Å²) in [6, 6.07) is 13.9. The number of nitrogens with one attached hydrogen (secondary N) is 1. The zero-order chi connectivity index (χ0) is 15.1. The summed E-state index contributed by atoms with van der Waals surface area (Å²) in [5.41, 5.74) is 2.05. The minimum Gasteiger partial charge on any atom is -0.469 e. The molecule has 21 heavy (non-hydrogen) atoms. The third-order valence-electron chi connectivity index (χ3n) is 3.12. The molecule has 1 aromatic heterocycles. The van der Waals surface area contributed by atoms with Crippen LogP contribution in [0.4, 0.5) is 0 Å². The molecule has 1 aromatic carbocycles. The first-order valence-corrected chi connectivity index (χ1v) is 7.40. The van der Waals surface area contributed by atoms with Gasteiger partial charge in [0.15, 0.2) is 0 Å². The molecule has 4 nitrogen and oxygen atoms in total. The van der Waals surface area contributed by atoms with Crippen molar-refractivity contribution in [3.63, 3.8) is 0 Å². The Hall–Kier alpha value is -1.94. The van der Waals surface area contributed by atoms with E-state index in [1.165, 1.54) is 0 Å². The van der Waals surface area contributed by atoms with Gasteiger partial charge in [0.2, 0.25) is 5.88 Å². The van der Waals surface area contributed by atoms with Gasteiger partial charge in [0.1, 0.15) is 6.10 Å². The summed E-state index contributed by atoms with van der Waals surface area (Å²) in [5, 5.41) is 11.7. The molecule has 1 unspecified atom stereocenters. The lowest BCUT2D eigenvalue weighted by molar-refractivity contribution is 0.214. The Bertz CT molecular complexity index is 525. The van der Waals surface area contributed by atoms with Gasteiger partial charge in [-0.15, -0.1) is 5.10 Å². The molecule has 0 fully saturated rings. The van der Waals surface area contributed by atoms with Gasteiger partial charge in [0.25, 0.3) is 0 Å². The number of aromatic nitrogens is 2. The van der Waals surface area contributed by atoms with E-state index in [2.05, 4.69) is 29.4 Å². The maximum absolute atomic E-state index is 5.80. The molecule has 0 saturated heterocycles. The highest BCUT2D eigenvalue weighted by Crippen LogP contribution is 2.18. The molecule has 0 amide bonds. The van der Waals surface area contributed by atoms with Gasteiger partial charge >= 0.3 is 0 Å². The molecule has 0 aliphatic heterocycles. The summed E-state index contributed by atoms with van der Waals surface area (Å²) in [6.45, 7) is 8.08. The first kappa shape index (κ1) is 15.4. The summed E-state index contributed by atoms with van der Waals surface area (Å²) in [4.78, 5) is 0. The summed E-state index contributed by atoms with van der Waals surface area (Å²) in [7, 11) is 0. The van der Waals surface area contributed by atoms with Crippen molar-refractivity contribution in [1.82, 2.24) is 15.5 Å². The standard InChI is InChI=1S/C17H23N3O/c1-13(2)11-18-12-16-9-10-17(20-19-16)21-14(3)15-7-5-4-6-8-15/h4-10,13-14,18H,11-12H2,1-3H3. The van der Waals surface area contributed by atoms with Gasteiger partial charge in [-0.3, -0.25) is 0 Å². The van der Waals surface area contributed by atoms with Crippen molar-refractivity contribution < 1.29 is 4.74 Å². The van der Waals surface area contributed by atoms with Crippen LogP contribution < -0.4 is 10.1 Å². The van der Waals surface area contributed by atoms with Gasteiger partial charge in [0, 0.05) is 12.6 Å². The average Bonchev–Trinajstić information content (AvgIpc) is 2.49. The normalized spacial score (nSPS) is 12.4. The molecule has 1 N–H and O–H groups in total. The SMILES string of the molecule is CC(C)CNCc1ccc(OC(C)c2ccccc2)nn1. The number of hydrogen-bond donors (Lipinski definition) is 1. The van der Waals surface area contributed by atoms with Crippen LogP contribution in [0.3, 0.4) is 0 Å². The molecule has 1 atom stereocenters. The molecule has 4 heteroatoms. The average molecular weight is 285 g/mol. The van der Waals surface area contributed by atoms with Crippen molar-refractivity contribution in [3.8, 4) is 5.88 Å². The molecule has 112 valence electrons. The van der Waals surface area contributed by atoms with Crippen LogP contribution >= 0.6 is 0 Å². The van der Waals surface area contributed by atoms with Crippen LogP contribution in [-0.4, -0.2) is 16.7 Å². The lowest BCUT2D eigenvalue weighted by Crippen LogP contribution is -2.19. The van der Waals surface area contributed by atoms with E-state index in [1.54, 1.807) is 0 Å². The van der Waals surface area contributed by atoms with Gasteiger partial charge < -0.3 is 10.1 Å². The van der Waals surface area contributed by atoms with Crippen LogP contribution in [-0.2, 0) is 6.54 Å². The predicted molar refractivity (Wildman–Crippen MR) is 84.1 cm³/mol. The quantitative estimate of drug-likeness (QED) is 0.847. The largest absolute Gasteiger partial charge is 0.469 e. The minimum absolute atomic E-state index is 0.0367. The van der Waals surface area contributed by atoms with Gasteiger partial charge in [-0.05, 0) is 31.0 Å². The second kappa shape index (κ2) is 7.74. The Morgan fingerprint density at radius 2 is 1.76 bits per heavy atom. The van der Waals surface area contributed by atoms with Crippen molar-refractivity contribution in [1.29, 1.82) is 0 Å². The fourth-order valence-corrected chi connectivity index (χ4v) is 1.97. The second-order valence-corrected chi connectivity index (χ2v) is 5.56. The van der Waals surface area contributed by atoms with Gasteiger partial charge in [-0.1, -0.05) is 44.2 Å². The molecule has 2 rings (SSSR count). The lowest BCUT2D eigenvalue weighted by Gasteiger charge is -2.14. The number of benzene rings is 1. The maximum Gasteiger partial charge on any atom is 0.233 e. The summed E-state index contributed by atoms with van der Waals surface area (Å²) in [6.07, 6.45) is -0.0367. The third kappa shape index (κ3) is 5.16. The number of rotatable bonds is 7. The molecule has 0 aliphatic carbocycles. The van der Waals surface area contributed by atoms with E-state index in [9.17, 15) is 0 Å². The number of ether oxygens (including phenoxy) is 1. The van der Waals surface area contributed by atoms with E-state index in [0.29, 0.717) is 11.8 Å². The van der Waals surface area contributed by atoms with Crippen molar-refractivity contribution in [2.45, 2.75) is 33.4 Å². The molecular weight excluding hydrogens is 262 g/mol. The smallest absolute Gasteiger partial charge is 0.233 e. The molecule has 0 spiro atoms. The van der Waals surface area contributed by atoms with Gasteiger partial charge in [0.05, 0.1) is 5.69 Å². The summed E-state index contributed by atoms with van der Waals surface area (Å²) >= 11 is 0. The molecule has 2 aromatic rings. The van der Waals surface area contributed by atoms with Crippen LogP contribution in [0.15, 0.2) is 42.5 Å². The fraction of sp³-hybridized carbons (Fsp3) is 0.412. The highest BCUT2D eigenvalue weighted by Gasteiger charge is 2.08.